The first-order valence-electron chi connectivity index (χ1n) is 10.6. The highest BCUT2D eigenvalue weighted by Gasteiger charge is 2.20. The molecule has 1 aromatic heterocycles. The van der Waals surface area contributed by atoms with Crippen LogP contribution in [0.1, 0.15) is 24.4 Å². The molecule has 0 unspecified atom stereocenters. The zero-order valence-electron chi connectivity index (χ0n) is 19.3. The molecule has 8 nitrogen and oxygen atoms in total. The summed E-state index contributed by atoms with van der Waals surface area (Å²) in [6, 6.07) is 11.8. The molecule has 0 saturated carbocycles. The van der Waals surface area contributed by atoms with E-state index in [1.54, 1.807) is 31.4 Å². The van der Waals surface area contributed by atoms with E-state index >= 15 is 0 Å². The Kier molecular flexibility index (Phi) is 9.59. The average Bonchev–Trinajstić information content (AvgIpc) is 3.23. The lowest BCUT2D eigenvalue weighted by molar-refractivity contribution is -0.121. The van der Waals surface area contributed by atoms with Gasteiger partial charge in [0.25, 0.3) is 0 Å². The van der Waals surface area contributed by atoms with Gasteiger partial charge in [0.2, 0.25) is 11.8 Å². The van der Waals surface area contributed by atoms with E-state index in [1.165, 1.54) is 11.8 Å². The molecular formula is C24H25Cl2N5O3S. The summed E-state index contributed by atoms with van der Waals surface area (Å²) in [5, 5.41) is 15.5. The third-order valence-electron chi connectivity index (χ3n) is 4.88. The molecule has 0 fully saturated rings. The Bertz CT molecular complexity index is 1200. The summed E-state index contributed by atoms with van der Waals surface area (Å²) in [6.45, 7) is 6.04. The second-order valence-electron chi connectivity index (χ2n) is 7.52. The van der Waals surface area contributed by atoms with Crippen LogP contribution in [0.2, 0.25) is 10.0 Å². The molecule has 1 heterocycles. The Labute approximate surface area is 218 Å². The zero-order chi connectivity index (χ0) is 25.4. The molecule has 2 amide bonds. The lowest BCUT2D eigenvalue weighted by atomic mass is 10.1. The van der Waals surface area contributed by atoms with Crippen LogP contribution in [-0.2, 0) is 22.6 Å². The molecule has 0 bridgehead atoms. The lowest BCUT2D eigenvalue weighted by Crippen LogP contribution is -2.30. The molecule has 2 N–H and O–H groups in total. The Morgan fingerprint density at radius 1 is 1.17 bits per heavy atom. The van der Waals surface area contributed by atoms with Crippen molar-refractivity contribution in [2.75, 3.05) is 18.2 Å². The normalized spacial score (nSPS) is 11.5. The molecule has 0 saturated heterocycles. The largest absolute Gasteiger partial charge is 0.497 e. The van der Waals surface area contributed by atoms with Gasteiger partial charge in [0.1, 0.15) is 5.75 Å². The third kappa shape index (κ3) is 7.48. The maximum Gasteiger partial charge on any atom is 0.234 e. The van der Waals surface area contributed by atoms with Crippen molar-refractivity contribution in [2.45, 2.75) is 31.1 Å². The number of anilines is 1. The van der Waals surface area contributed by atoms with Crippen LogP contribution < -0.4 is 15.4 Å². The molecule has 3 aromatic rings. The van der Waals surface area contributed by atoms with Gasteiger partial charge in [-0.1, -0.05) is 53.2 Å². The molecular weight excluding hydrogens is 509 g/mol. The quantitative estimate of drug-likeness (QED) is 0.268. The minimum absolute atomic E-state index is 0.0797. The van der Waals surface area contributed by atoms with Gasteiger partial charge in [-0.25, -0.2) is 0 Å². The van der Waals surface area contributed by atoms with Crippen LogP contribution >= 0.6 is 35.0 Å². The van der Waals surface area contributed by atoms with Gasteiger partial charge in [-0.2, -0.15) is 0 Å². The summed E-state index contributed by atoms with van der Waals surface area (Å²) in [7, 11) is 1.59. The van der Waals surface area contributed by atoms with Gasteiger partial charge >= 0.3 is 0 Å². The first-order valence-corrected chi connectivity index (χ1v) is 12.4. The van der Waals surface area contributed by atoms with Gasteiger partial charge in [-0.3, -0.25) is 9.59 Å². The van der Waals surface area contributed by atoms with E-state index in [2.05, 4.69) is 27.4 Å². The standard InChI is InChI=1S/C24H25Cl2N5O3S/c1-4-11-31-23(15(2)27-21(32)12-16-5-8-18(34-3)9-6-16)29-30-24(31)35-14-22(33)28-20-13-17(25)7-10-19(20)26/h4-10,13,15H,1,11-12,14H2,2-3H3,(H,27,32)(H,28,33)/t15-/m0/s1. The fraction of sp³-hybridized carbons (Fsp3) is 0.250. The molecule has 35 heavy (non-hydrogen) atoms. The Morgan fingerprint density at radius 3 is 2.60 bits per heavy atom. The van der Waals surface area contributed by atoms with E-state index < -0.39 is 6.04 Å². The Balaban J connectivity index is 1.62. The Morgan fingerprint density at radius 2 is 1.91 bits per heavy atom. The highest BCUT2D eigenvalue weighted by atomic mass is 35.5. The van der Waals surface area contributed by atoms with Crippen molar-refractivity contribution in [1.29, 1.82) is 0 Å². The van der Waals surface area contributed by atoms with Gasteiger partial charge in [0.05, 0.1) is 36.0 Å². The molecule has 0 aliphatic carbocycles. The van der Waals surface area contributed by atoms with E-state index in [0.717, 1.165) is 11.3 Å². The van der Waals surface area contributed by atoms with E-state index in [1.807, 2.05) is 35.8 Å². The number of rotatable bonds is 11. The van der Waals surface area contributed by atoms with E-state index in [0.29, 0.717) is 33.3 Å². The molecule has 0 spiro atoms. The topological polar surface area (TPSA) is 98.1 Å². The first-order chi connectivity index (χ1) is 16.8. The maximum atomic E-state index is 12.6. The first kappa shape index (κ1) is 26.6. The molecule has 11 heteroatoms. The summed E-state index contributed by atoms with van der Waals surface area (Å²) < 4.78 is 6.96. The highest BCUT2D eigenvalue weighted by molar-refractivity contribution is 7.99. The van der Waals surface area contributed by atoms with Gasteiger partial charge in [-0.05, 0) is 42.8 Å². The number of methoxy groups -OCH3 is 1. The molecule has 184 valence electrons. The van der Waals surface area contributed by atoms with Crippen molar-refractivity contribution in [3.05, 3.63) is 76.6 Å². The number of hydrogen-bond acceptors (Lipinski definition) is 6. The van der Waals surface area contributed by atoms with Gasteiger partial charge < -0.3 is 19.9 Å². The van der Waals surface area contributed by atoms with Gasteiger partial charge in [0, 0.05) is 11.6 Å². The number of halogens is 2. The molecule has 0 aliphatic rings. The number of aromatic nitrogens is 3. The second kappa shape index (κ2) is 12.6. The van der Waals surface area contributed by atoms with Crippen LogP contribution in [0.4, 0.5) is 5.69 Å². The van der Waals surface area contributed by atoms with E-state index in [4.69, 9.17) is 27.9 Å². The van der Waals surface area contributed by atoms with Crippen molar-refractivity contribution in [3.8, 4) is 5.75 Å². The predicted molar refractivity (Wildman–Crippen MR) is 139 cm³/mol. The monoisotopic (exact) mass is 533 g/mol. The number of carbonyl (C=O) groups is 2. The van der Waals surface area contributed by atoms with Crippen LogP contribution in [-0.4, -0.2) is 39.4 Å². The fourth-order valence-electron chi connectivity index (χ4n) is 3.22. The number of nitrogens with one attached hydrogen (secondary N) is 2. The minimum Gasteiger partial charge on any atom is -0.497 e. The number of nitrogens with zero attached hydrogens (tertiary/aromatic N) is 3. The van der Waals surface area contributed by atoms with E-state index in [9.17, 15) is 9.59 Å². The highest BCUT2D eigenvalue weighted by Crippen LogP contribution is 2.26. The molecule has 0 radical (unpaired) electrons. The summed E-state index contributed by atoms with van der Waals surface area (Å²) in [4.78, 5) is 25.0. The van der Waals surface area contributed by atoms with Crippen molar-refractivity contribution in [3.63, 3.8) is 0 Å². The molecule has 1 atom stereocenters. The van der Waals surface area contributed by atoms with Gasteiger partial charge in [-0.15, -0.1) is 16.8 Å². The Hall–Kier alpha value is -3.01. The van der Waals surface area contributed by atoms with Crippen LogP contribution in [0.25, 0.3) is 0 Å². The van der Waals surface area contributed by atoms with Gasteiger partial charge in [0.15, 0.2) is 11.0 Å². The predicted octanol–water partition coefficient (Wildman–Crippen LogP) is 4.93. The minimum atomic E-state index is -0.401. The van der Waals surface area contributed by atoms with E-state index in [-0.39, 0.29) is 24.0 Å². The summed E-state index contributed by atoms with van der Waals surface area (Å²) in [5.41, 5.74) is 1.30. The third-order valence-corrected chi connectivity index (χ3v) is 6.41. The number of carbonyl (C=O) groups excluding carboxylic acids is 2. The number of allylic oxidation sites excluding steroid dienone is 1. The number of benzene rings is 2. The average molecular weight is 534 g/mol. The zero-order valence-corrected chi connectivity index (χ0v) is 21.6. The summed E-state index contributed by atoms with van der Waals surface area (Å²) >= 11 is 13.3. The van der Waals surface area contributed by atoms with Crippen LogP contribution in [0, 0.1) is 0 Å². The van der Waals surface area contributed by atoms with Crippen molar-refractivity contribution in [1.82, 2.24) is 20.1 Å². The van der Waals surface area contributed by atoms with Crippen LogP contribution in [0.5, 0.6) is 5.75 Å². The number of ether oxygens (including phenoxy) is 1. The maximum absolute atomic E-state index is 12.6. The molecule has 0 aliphatic heterocycles. The number of hydrogen-bond donors (Lipinski definition) is 2. The van der Waals surface area contributed by atoms with Crippen molar-refractivity contribution < 1.29 is 14.3 Å². The number of amides is 2. The number of thioether (sulfide) groups is 1. The second-order valence-corrected chi connectivity index (χ2v) is 9.30. The van der Waals surface area contributed by atoms with Crippen LogP contribution in [0.15, 0.2) is 60.3 Å². The smallest absolute Gasteiger partial charge is 0.234 e. The SMILES string of the molecule is C=CCn1c(SCC(=O)Nc2cc(Cl)ccc2Cl)nnc1[C@H](C)NC(=O)Cc1ccc(OC)cc1. The summed E-state index contributed by atoms with van der Waals surface area (Å²) in [6.07, 6.45) is 1.92. The van der Waals surface area contributed by atoms with Crippen molar-refractivity contribution in [2.24, 2.45) is 0 Å². The summed E-state index contributed by atoms with van der Waals surface area (Å²) in [5.74, 6) is 0.955. The fourth-order valence-corrected chi connectivity index (χ4v) is 4.32. The van der Waals surface area contributed by atoms with Crippen LogP contribution in [0.3, 0.4) is 0 Å². The molecule has 2 aromatic carbocycles. The molecule has 3 rings (SSSR count). The van der Waals surface area contributed by atoms with Crippen molar-refractivity contribution >= 4 is 52.5 Å². The lowest BCUT2D eigenvalue weighted by Gasteiger charge is -2.15.